The van der Waals surface area contributed by atoms with Crippen LogP contribution in [0.25, 0.3) is 6.08 Å². The average molecular weight is 400 g/mol. The van der Waals surface area contributed by atoms with E-state index in [1.165, 1.54) is 12.1 Å². The number of nitriles is 1. The third-order valence-electron chi connectivity index (χ3n) is 3.03. The molecule has 1 N–H and O–H groups in total. The number of hydrogen-bond acceptors (Lipinski definition) is 6. The third kappa shape index (κ3) is 5.49. The number of aromatic nitrogens is 2. The van der Waals surface area contributed by atoms with E-state index in [4.69, 9.17) is 5.26 Å². The van der Waals surface area contributed by atoms with Crippen LogP contribution >= 0.6 is 11.3 Å². The molecule has 11 heteroatoms. The fraction of sp³-hybridized carbons (Fsp3) is 0.250. The number of rotatable bonds is 7. The van der Waals surface area contributed by atoms with Gasteiger partial charge in [-0.2, -0.15) is 22.8 Å². The van der Waals surface area contributed by atoms with Gasteiger partial charge in [0.05, 0.1) is 0 Å². The number of nitrogens with one attached hydrogen (secondary N) is 1. The summed E-state index contributed by atoms with van der Waals surface area (Å²) in [6, 6.07) is 6.37. The molecule has 27 heavy (non-hydrogen) atoms. The van der Waals surface area contributed by atoms with Crippen molar-refractivity contribution >= 4 is 28.5 Å². The maximum Gasteiger partial charge on any atom is 0.461 e. The molecule has 0 bridgehead atoms. The Hall–Kier alpha value is -3.00. The second kappa shape index (κ2) is 8.59. The van der Waals surface area contributed by atoms with Crippen LogP contribution in [-0.4, -0.2) is 28.6 Å². The molecule has 1 amide bonds. The van der Waals surface area contributed by atoms with Gasteiger partial charge in [0.15, 0.2) is 0 Å². The van der Waals surface area contributed by atoms with Crippen LogP contribution in [0.15, 0.2) is 29.8 Å². The van der Waals surface area contributed by atoms with E-state index in [1.807, 2.05) is 6.92 Å². The van der Waals surface area contributed by atoms with E-state index in [2.05, 4.69) is 20.3 Å². The normalized spacial score (nSPS) is 12.0. The highest BCUT2D eigenvalue weighted by molar-refractivity contribution is 7.15. The first-order valence-electron chi connectivity index (χ1n) is 7.45. The number of alkyl halides is 4. The SMILES string of the molecule is CCc1nnc(NC(=O)C(C#N)=Cc2cccc(OC(F)(F)C(F)F)c2)s1. The van der Waals surface area contributed by atoms with Crippen molar-refractivity contribution in [2.24, 2.45) is 0 Å². The van der Waals surface area contributed by atoms with Crippen LogP contribution in [0, 0.1) is 11.3 Å². The Labute approximate surface area is 155 Å². The predicted molar refractivity (Wildman–Crippen MR) is 89.5 cm³/mol. The van der Waals surface area contributed by atoms with Crippen molar-refractivity contribution in [2.75, 3.05) is 5.32 Å². The number of amides is 1. The highest BCUT2D eigenvalue weighted by Gasteiger charge is 2.43. The molecule has 0 spiro atoms. The Kier molecular flexibility index (Phi) is 6.46. The van der Waals surface area contributed by atoms with Crippen molar-refractivity contribution < 1.29 is 27.1 Å². The molecule has 1 aromatic heterocycles. The monoisotopic (exact) mass is 400 g/mol. The number of anilines is 1. The van der Waals surface area contributed by atoms with Crippen LogP contribution in [0.1, 0.15) is 17.5 Å². The molecule has 1 aromatic carbocycles. The van der Waals surface area contributed by atoms with Crippen molar-refractivity contribution in [1.82, 2.24) is 10.2 Å². The number of aryl methyl sites for hydroxylation is 1. The maximum absolute atomic E-state index is 13.0. The van der Waals surface area contributed by atoms with Crippen LogP contribution in [0.2, 0.25) is 0 Å². The van der Waals surface area contributed by atoms with Gasteiger partial charge in [-0.1, -0.05) is 30.4 Å². The topological polar surface area (TPSA) is 87.9 Å². The molecule has 0 radical (unpaired) electrons. The lowest BCUT2D eigenvalue weighted by Crippen LogP contribution is -2.33. The summed E-state index contributed by atoms with van der Waals surface area (Å²) in [5.41, 5.74) is -0.211. The lowest BCUT2D eigenvalue weighted by molar-refractivity contribution is -0.253. The second-order valence-corrected chi connectivity index (χ2v) is 6.08. The molecular weight excluding hydrogens is 388 g/mol. The summed E-state index contributed by atoms with van der Waals surface area (Å²) in [5, 5.41) is 20.0. The summed E-state index contributed by atoms with van der Waals surface area (Å²) in [6.45, 7) is 1.86. The minimum Gasteiger partial charge on any atom is -0.428 e. The van der Waals surface area contributed by atoms with Crippen LogP contribution in [-0.2, 0) is 11.2 Å². The van der Waals surface area contributed by atoms with Crippen LogP contribution in [0.5, 0.6) is 5.75 Å². The molecule has 1 heterocycles. The first kappa shape index (κ1) is 20.3. The lowest BCUT2D eigenvalue weighted by atomic mass is 10.1. The Morgan fingerprint density at radius 1 is 1.44 bits per heavy atom. The molecule has 0 saturated carbocycles. The van der Waals surface area contributed by atoms with Crippen molar-refractivity contribution in [3.63, 3.8) is 0 Å². The van der Waals surface area contributed by atoms with Gasteiger partial charge in [0, 0.05) is 0 Å². The van der Waals surface area contributed by atoms with E-state index in [0.29, 0.717) is 11.4 Å². The van der Waals surface area contributed by atoms with Crippen molar-refractivity contribution in [3.8, 4) is 11.8 Å². The molecule has 2 rings (SSSR count). The minimum atomic E-state index is -4.66. The van der Waals surface area contributed by atoms with Gasteiger partial charge < -0.3 is 4.74 Å². The summed E-state index contributed by atoms with van der Waals surface area (Å²) >= 11 is 1.14. The number of ether oxygens (including phenoxy) is 1. The van der Waals surface area contributed by atoms with Crippen LogP contribution in [0.4, 0.5) is 22.7 Å². The summed E-state index contributed by atoms with van der Waals surface area (Å²) in [7, 11) is 0. The molecule has 6 nitrogen and oxygen atoms in total. The summed E-state index contributed by atoms with van der Waals surface area (Å²) in [6.07, 6.45) is -6.93. The predicted octanol–water partition coefficient (Wildman–Crippen LogP) is 3.88. The molecule has 142 valence electrons. The van der Waals surface area contributed by atoms with Crippen molar-refractivity contribution in [1.29, 1.82) is 5.26 Å². The van der Waals surface area contributed by atoms with Crippen LogP contribution in [0.3, 0.4) is 0 Å². The largest absolute Gasteiger partial charge is 0.461 e. The highest BCUT2D eigenvalue weighted by Crippen LogP contribution is 2.28. The number of nitrogens with zero attached hydrogens (tertiary/aromatic N) is 3. The van der Waals surface area contributed by atoms with E-state index in [9.17, 15) is 22.4 Å². The fourth-order valence-electron chi connectivity index (χ4n) is 1.80. The number of halogens is 4. The standard InChI is InChI=1S/C16H12F4N4O2S/c1-2-12-23-24-15(27-12)22-13(25)10(8-21)6-9-4-3-5-11(7-9)26-16(19,20)14(17)18/h3-7,14H,2H2,1H3,(H,22,24,25). The number of benzene rings is 1. The average Bonchev–Trinajstić information content (AvgIpc) is 3.07. The first-order valence-corrected chi connectivity index (χ1v) is 8.27. The zero-order valence-corrected chi connectivity index (χ0v) is 14.6. The molecule has 0 unspecified atom stereocenters. The Balaban J connectivity index is 2.18. The van der Waals surface area contributed by atoms with Gasteiger partial charge in [0.25, 0.3) is 5.91 Å². The first-order chi connectivity index (χ1) is 12.7. The number of hydrogen-bond donors (Lipinski definition) is 1. The highest BCUT2D eigenvalue weighted by atomic mass is 32.1. The number of carbonyl (C=O) groups excluding carboxylic acids is 1. The third-order valence-corrected chi connectivity index (χ3v) is 4.01. The van der Waals surface area contributed by atoms with Crippen LogP contribution < -0.4 is 10.1 Å². The van der Waals surface area contributed by atoms with E-state index in [-0.39, 0.29) is 16.3 Å². The fourth-order valence-corrected chi connectivity index (χ4v) is 2.47. The van der Waals surface area contributed by atoms with Crippen molar-refractivity contribution in [2.45, 2.75) is 25.9 Å². The smallest absolute Gasteiger partial charge is 0.428 e. The zero-order valence-electron chi connectivity index (χ0n) is 13.7. The van der Waals surface area contributed by atoms with Gasteiger partial charge in [0.1, 0.15) is 22.4 Å². The van der Waals surface area contributed by atoms with E-state index < -0.39 is 24.2 Å². The summed E-state index contributed by atoms with van der Waals surface area (Å²) < 4.78 is 54.4. The molecule has 0 aliphatic heterocycles. The Morgan fingerprint density at radius 3 is 2.78 bits per heavy atom. The maximum atomic E-state index is 13.0. The summed E-state index contributed by atoms with van der Waals surface area (Å²) in [4.78, 5) is 12.1. The van der Waals surface area contributed by atoms with Gasteiger partial charge in [-0.25, -0.2) is 0 Å². The van der Waals surface area contributed by atoms with Gasteiger partial charge in [-0.05, 0) is 30.2 Å². The van der Waals surface area contributed by atoms with Gasteiger partial charge in [-0.15, -0.1) is 10.2 Å². The second-order valence-electron chi connectivity index (χ2n) is 5.02. The summed E-state index contributed by atoms with van der Waals surface area (Å²) in [5.74, 6) is -1.32. The minimum absolute atomic E-state index is 0.135. The molecule has 0 atom stereocenters. The lowest BCUT2D eigenvalue weighted by Gasteiger charge is -2.16. The molecule has 0 saturated heterocycles. The molecule has 0 fully saturated rings. The van der Waals surface area contributed by atoms with Crippen molar-refractivity contribution in [3.05, 3.63) is 40.4 Å². The van der Waals surface area contributed by atoms with Gasteiger partial charge in [-0.3, -0.25) is 10.1 Å². The Morgan fingerprint density at radius 2 is 2.19 bits per heavy atom. The Bertz CT molecular complexity index is 893. The van der Waals surface area contributed by atoms with E-state index in [0.717, 1.165) is 29.5 Å². The zero-order chi connectivity index (χ0) is 20.0. The van der Waals surface area contributed by atoms with E-state index in [1.54, 1.807) is 6.07 Å². The number of carbonyl (C=O) groups is 1. The van der Waals surface area contributed by atoms with E-state index >= 15 is 0 Å². The molecular formula is C16H12F4N4O2S. The molecule has 0 aliphatic carbocycles. The molecule has 0 aliphatic rings. The van der Waals surface area contributed by atoms with Gasteiger partial charge in [0.2, 0.25) is 5.13 Å². The molecule has 2 aromatic rings. The quantitative estimate of drug-likeness (QED) is 0.433. The van der Waals surface area contributed by atoms with Gasteiger partial charge >= 0.3 is 12.5 Å².